The molecule has 0 radical (unpaired) electrons. The second-order valence-electron chi connectivity index (χ2n) is 8.95. The maximum atomic E-state index is 13.2. The maximum absolute atomic E-state index is 13.2. The Morgan fingerprint density at radius 1 is 0.912 bits per heavy atom. The Kier molecular flexibility index (Phi) is 8.43. The van der Waals surface area contributed by atoms with Crippen LogP contribution in [-0.4, -0.2) is 46.0 Å². The molecule has 8 nitrogen and oxygen atoms in total. The van der Waals surface area contributed by atoms with E-state index in [4.69, 9.17) is 5.73 Å². The Hall–Kier alpha value is -3.65. The molecule has 0 aliphatic heterocycles. The summed E-state index contributed by atoms with van der Waals surface area (Å²) in [5.41, 5.74) is 8.79. The quantitative estimate of drug-likeness (QED) is 0.297. The molecule has 0 saturated carbocycles. The van der Waals surface area contributed by atoms with Gasteiger partial charge in [-0.15, -0.1) is 0 Å². The third kappa shape index (κ3) is 6.68. The van der Waals surface area contributed by atoms with Crippen molar-refractivity contribution in [1.82, 2.24) is 15.6 Å². The fraction of sp³-hybridized carbons (Fsp3) is 0.346. The number of aliphatic carboxylic acids is 1. The minimum Gasteiger partial charge on any atom is -0.480 e. The summed E-state index contributed by atoms with van der Waals surface area (Å²) in [5, 5.41) is 15.8. The number of fused-ring (bicyclic) bond motifs is 1. The molecule has 1 heterocycles. The molecule has 0 aliphatic rings. The van der Waals surface area contributed by atoms with Crippen molar-refractivity contribution >= 4 is 28.7 Å². The lowest BCUT2D eigenvalue weighted by atomic mass is 10.0. The van der Waals surface area contributed by atoms with Crippen molar-refractivity contribution in [2.75, 3.05) is 0 Å². The van der Waals surface area contributed by atoms with Crippen molar-refractivity contribution in [3.8, 4) is 0 Å². The van der Waals surface area contributed by atoms with Crippen molar-refractivity contribution in [3.05, 3.63) is 71.9 Å². The number of nitrogens with two attached hydrogens (primary N) is 1. The minimum absolute atomic E-state index is 0.0716. The van der Waals surface area contributed by atoms with E-state index in [2.05, 4.69) is 15.6 Å². The molecule has 0 saturated heterocycles. The zero-order valence-corrected chi connectivity index (χ0v) is 19.5. The van der Waals surface area contributed by atoms with Crippen LogP contribution in [0.3, 0.4) is 0 Å². The van der Waals surface area contributed by atoms with Gasteiger partial charge in [0, 0.05) is 23.5 Å². The van der Waals surface area contributed by atoms with E-state index in [0.717, 1.165) is 22.0 Å². The average Bonchev–Trinajstić information content (AvgIpc) is 3.21. The maximum Gasteiger partial charge on any atom is 0.326 e. The van der Waals surface area contributed by atoms with Gasteiger partial charge in [0.1, 0.15) is 12.1 Å². The number of carbonyl (C=O) groups excluding carboxylic acids is 2. The molecule has 34 heavy (non-hydrogen) atoms. The summed E-state index contributed by atoms with van der Waals surface area (Å²) in [5.74, 6) is -2.07. The Bertz CT molecular complexity index is 1130. The smallest absolute Gasteiger partial charge is 0.326 e. The van der Waals surface area contributed by atoms with Crippen molar-refractivity contribution < 1.29 is 19.5 Å². The van der Waals surface area contributed by atoms with Crippen LogP contribution in [0.2, 0.25) is 0 Å². The summed E-state index contributed by atoms with van der Waals surface area (Å²) in [7, 11) is 0. The summed E-state index contributed by atoms with van der Waals surface area (Å²) in [6.45, 7) is 3.77. The van der Waals surface area contributed by atoms with Crippen LogP contribution >= 0.6 is 0 Å². The number of H-pyrrole nitrogens is 1. The first-order valence-electron chi connectivity index (χ1n) is 11.4. The van der Waals surface area contributed by atoms with Gasteiger partial charge in [-0.2, -0.15) is 0 Å². The lowest BCUT2D eigenvalue weighted by Gasteiger charge is -2.23. The summed E-state index contributed by atoms with van der Waals surface area (Å²) >= 11 is 0. The Morgan fingerprint density at radius 2 is 1.56 bits per heavy atom. The first kappa shape index (κ1) is 25.0. The third-order valence-corrected chi connectivity index (χ3v) is 5.69. The lowest BCUT2D eigenvalue weighted by Crippen LogP contribution is -2.55. The Morgan fingerprint density at radius 3 is 2.24 bits per heavy atom. The number of benzene rings is 2. The second-order valence-corrected chi connectivity index (χ2v) is 8.95. The highest BCUT2D eigenvalue weighted by Crippen LogP contribution is 2.19. The van der Waals surface area contributed by atoms with Crippen LogP contribution in [0.1, 0.15) is 31.4 Å². The number of aromatic amines is 1. The van der Waals surface area contributed by atoms with Gasteiger partial charge in [-0.25, -0.2) is 4.79 Å². The molecule has 2 amide bonds. The molecule has 3 rings (SSSR count). The van der Waals surface area contributed by atoms with Gasteiger partial charge in [0.15, 0.2) is 0 Å². The van der Waals surface area contributed by atoms with Gasteiger partial charge in [0.2, 0.25) is 11.8 Å². The molecule has 0 aliphatic carbocycles. The average molecular weight is 465 g/mol. The van der Waals surface area contributed by atoms with Crippen molar-refractivity contribution in [3.63, 3.8) is 0 Å². The van der Waals surface area contributed by atoms with E-state index in [1.165, 1.54) is 0 Å². The van der Waals surface area contributed by atoms with Crippen molar-refractivity contribution in [2.24, 2.45) is 11.7 Å². The number of carboxylic acids is 1. The molecule has 8 heteroatoms. The normalized spacial score (nSPS) is 13.9. The van der Waals surface area contributed by atoms with E-state index in [-0.39, 0.29) is 18.8 Å². The van der Waals surface area contributed by atoms with Crippen molar-refractivity contribution in [1.29, 1.82) is 0 Å². The predicted molar refractivity (Wildman–Crippen MR) is 131 cm³/mol. The molecule has 0 fully saturated rings. The number of amides is 2. The van der Waals surface area contributed by atoms with Gasteiger partial charge < -0.3 is 26.5 Å². The number of para-hydroxylation sites is 1. The molecular weight excluding hydrogens is 432 g/mol. The SMILES string of the molecule is CC(C)C[C@H](NC(=O)[C@H](Cc1c[nH]c2ccccc12)NC(=O)[C@@H](N)Cc1ccccc1)C(=O)O. The summed E-state index contributed by atoms with van der Waals surface area (Å²) in [6, 6.07) is 14.1. The molecule has 180 valence electrons. The number of hydrogen-bond donors (Lipinski definition) is 5. The van der Waals surface area contributed by atoms with Crippen LogP contribution in [0.15, 0.2) is 60.8 Å². The third-order valence-electron chi connectivity index (χ3n) is 5.69. The van der Waals surface area contributed by atoms with Crippen molar-refractivity contribution in [2.45, 2.75) is 51.2 Å². The fourth-order valence-corrected chi connectivity index (χ4v) is 3.93. The zero-order chi connectivity index (χ0) is 24.7. The largest absolute Gasteiger partial charge is 0.480 e. The Balaban J connectivity index is 1.79. The monoisotopic (exact) mass is 464 g/mol. The highest BCUT2D eigenvalue weighted by Gasteiger charge is 2.29. The first-order valence-corrected chi connectivity index (χ1v) is 11.4. The first-order chi connectivity index (χ1) is 16.2. The molecule has 2 aromatic carbocycles. The molecular formula is C26H32N4O4. The van der Waals surface area contributed by atoms with Crippen LogP contribution in [0, 0.1) is 5.92 Å². The number of nitrogens with one attached hydrogen (secondary N) is 3. The number of aromatic nitrogens is 1. The van der Waals surface area contributed by atoms with Gasteiger partial charge in [-0.05, 0) is 36.0 Å². The van der Waals surface area contributed by atoms with Gasteiger partial charge in [0.25, 0.3) is 0 Å². The van der Waals surface area contributed by atoms with E-state index in [9.17, 15) is 19.5 Å². The van der Waals surface area contributed by atoms with Crippen LogP contribution < -0.4 is 16.4 Å². The summed E-state index contributed by atoms with van der Waals surface area (Å²) in [6.07, 6.45) is 2.58. The summed E-state index contributed by atoms with van der Waals surface area (Å²) in [4.78, 5) is 40.9. The highest BCUT2D eigenvalue weighted by molar-refractivity contribution is 5.93. The van der Waals surface area contributed by atoms with Crippen LogP contribution in [0.25, 0.3) is 10.9 Å². The van der Waals surface area contributed by atoms with E-state index in [1.54, 1.807) is 6.20 Å². The van der Waals surface area contributed by atoms with E-state index in [0.29, 0.717) is 6.42 Å². The summed E-state index contributed by atoms with van der Waals surface area (Å²) < 4.78 is 0. The molecule has 6 N–H and O–H groups in total. The van der Waals surface area contributed by atoms with Gasteiger partial charge in [-0.3, -0.25) is 9.59 Å². The number of carboxylic acid groups (broad SMARTS) is 1. The molecule has 0 unspecified atom stereocenters. The van der Waals surface area contributed by atoms with Gasteiger partial charge in [-0.1, -0.05) is 62.4 Å². The number of rotatable bonds is 11. The van der Waals surface area contributed by atoms with Crippen LogP contribution in [0.4, 0.5) is 0 Å². The van der Waals surface area contributed by atoms with E-state index < -0.39 is 35.9 Å². The van der Waals surface area contributed by atoms with Crippen LogP contribution in [0.5, 0.6) is 0 Å². The molecule has 3 aromatic rings. The van der Waals surface area contributed by atoms with E-state index >= 15 is 0 Å². The topological polar surface area (TPSA) is 137 Å². The number of hydrogen-bond acceptors (Lipinski definition) is 4. The van der Waals surface area contributed by atoms with Gasteiger partial charge in [0.05, 0.1) is 6.04 Å². The Labute approximate surface area is 198 Å². The molecule has 0 bridgehead atoms. The van der Waals surface area contributed by atoms with Gasteiger partial charge >= 0.3 is 5.97 Å². The van der Waals surface area contributed by atoms with Crippen LogP contribution in [-0.2, 0) is 27.2 Å². The minimum atomic E-state index is -1.11. The fourth-order valence-electron chi connectivity index (χ4n) is 3.93. The predicted octanol–water partition coefficient (Wildman–Crippen LogP) is 2.38. The molecule has 3 atom stereocenters. The molecule has 0 spiro atoms. The lowest BCUT2D eigenvalue weighted by molar-refractivity contribution is -0.142. The highest BCUT2D eigenvalue weighted by atomic mass is 16.4. The number of carbonyl (C=O) groups is 3. The zero-order valence-electron chi connectivity index (χ0n) is 19.5. The molecule has 1 aromatic heterocycles. The second kappa shape index (κ2) is 11.5. The standard InChI is InChI=1S/C26H32N4O4/c1-16(2)12-23(26(33)34)30-25(32)22(14-18-15-28-21-11-7-6-10-19(18)21)29-24(31)20(27)13-17-8-4-3-5-9-17/h3-11,15-16,20,22-23,28H,12-14,27H2,1-2H3,(H,29,31)(H,30,32)(H,33,34)/t20-,22-,23-/m0/s1. The van der Waals surface area contributed by atoms with E-state index in [1.807, 2.05) is 68.4 Å².